The first-order valence-corrected chi connectivity index (χ1v) is 6.10. The molecule has 1 heterocycles. The number of halogens is 2. The molecule has 1 aliphatic carbocycles. The summed E-state index contributed by atoms with van der Waals surface area (Å²) in [6, 6.07) is 10.1. The maximum absolute atomic E-state index is 6.08. The molecular formula is C13H10Cl2N2. The number of fused-ring (bicyclic) bond motifs is 1. The third-order valence-corrected chi connectivity index (χ3v) is 3.33. The minimum Gasteiger partial charge on any atom is -0.299 e. The average molecular weight is 265 g/mol. The number of para-hydroxylation sites is 1. The quantitative estimate of drug-likeness (QED) is 0.720. The van der Waals surface area contributed by atoms with Gasteiger partial charge in [0.1, 0.15) is 4.33 Å². The van der Waals surface area contributed by atoms with E-state index in [1.165, 1.54) is 0 Å². The van der Waals surface area contributed by atoms with E-state index in [-0.39, 0.29) is 0 Å². The van der Waals surface area contributed by atoms with Crippen LogP contribution in [-0.2, 0) is 6.42 Å². The van der Waals surface area contributed by atoms with Gasteiger partial charge in [-0.3, -0.25) is 4.57 Å². The number of hydrogen-bond donors (Lipinski definition) is 0. The number of imidazole rings is 1. The predicted octanol–water partition coefficient (Wildman–Crippen LogP) is 3.62. The van der Waals surface area contributed by atoms with Crippen molar-refractivity contribution < 1.29 is 0 Å². The highest BCUT2D eigenvalue weighted by atomic mass is 35.5. The molecule has 3 rings (SSSR count). The van der Waals surface area contributed by atoms with Crippen molar-refractivity contribution in [3.63, 3.8) is 0 Å². The monoisotopic (exact) mass is 264 g/mol. The second-order valence-electron chi connectivity index (χ2n) is 4.05. The highest BCUT2D eigenvalue weighted by Crippen LogP contribution is 2.34. The molecule has 2 aromatic rings. The van der Waals surface area contributed by atoms with E-state index in [1.807, 2.05) is 41.0 Å². The van der Waals surface area contributed by atoms with Gasteiger partial charge in [0.25, 0.3) is 0 Å². The number of aromatic nitrogens is 2. The molecule has 0 amide bonds. The lowest BCUT2D eigenvalue weighted by atomic mass is 10.1. The van der Waals surface area contributed by atoms with Gasteiger partial charge in [-0.05, 0) is 24.3 Å². The van der Waals surface area contributed by atoms with Crippen molar-refractivity contribution in [3.05, 3.63) is 54.1 Å². The molecule has 17 heavy (non-hydrogen) atoms. The maximum atomic E-state index is 6.08. The van der Waals surface area contributed by atoms with Gasteiger partial charge in [-0.1, -0.05) is 41.4 Å². The standard InChI is InChI=1S/C13H10Cl2N2/c14-13(15)7-6-12-11(8-13)16-9-17(12)10-4-2-1-3-5-10/h1-7,9H,8H2. The third-order valence-electron chi connectivity index (χ3n) is 2.81. The summed E-state index contributed by atoms with van der Waals surface area (Å²) >= 11 is 12.2. The van der Waals surface area contributed by atoms with Crippen LogP contribution in [0.2, 0.25) is 0 Å². The lowest BCUT2D eigenvalue weighted by molar-refractivity contribution is 0.885. The first kappa shape index (κ1) is 10.9. The van der Waals surface area contributed by atoms with Crippen molar-refractivity contribution in [3.8, 4) is 5.69 Å². The Bertz CT molecular complexity index is 570. The number of hydrogen-bond acceptors (Lipinski definition) is 1. The molecule has 2 nitrogen and oxygen atoms in total. The molecule has 0 saturated carbocycles. The van der Waals surface area contributed by atoms with Gasteiger partial charge < -0.3 is 0 Å². The van der Waals surface area contributed by atoms with E-state index in [1.54, 1.807) is 12.4 Å². The van der Waals surface area contributed by atoms with Gasteiger partial charge >= 0.3 is 0 Å². The number of rotatable bonds is 1. The van der Waals surface area contributed by atoms with Gasteiger partial charge in [0.05, 0.1) is 17.7 Å². The van der Waals surface area contributed by atoms with E-state index in [2.05, 4.69) is 4.98 Å². The highest BCUT2D eigenvalue weighted by Gasteiger charge is 2.28. The number of benzene rings is 1. The van der Waals surface area contributed by atoms with Crippen LogP contribution in [0.3, 0.4) is 0 Å². The summed E-state index contributed by atoms with van der Waals surface area (Å²) in [6.07, 6.45) is 6.08. The van der Waals surface area contributed by atoms with Crippen LogP contribution in [0.15, 0.2) is 42.7 Å². The lowest BCUT2D eigenvalue weighted by Gasteiger charge is -2.19. The number of allylic oxidation sites excluding steroid dienone is 1. The highest BCUT2D eigenvalue weighted by molar-refractivity contribution is 6.50. The zero-order chi connectivity index (χ0) is 11.9. The predicted molar refractivity (Wildman–Crippen MR) is 70.7 cm³/mol. The van der Waals surface area contributed by atoms with E-state index >= 15 is 0 Å². The first-order valence-electron chi connectivity index (χ1n) is 5.34. The van der Waals surface area contributed by atoms with Crippen molar-refractivity contribution in [1.29, 1.82) is 0 Å². The number of alkyl halides is 2. The van der Waals surface area contributed by atoms with Crippen LogP contribution < -0.4 is 0 Å². The minimum absolute atomic E-state index is 0.543. The zero-order valence-corrected chi connectivity index (χ0v) is 10.5. The van der Waals surface area contributed by atoms with Crippen molar-refractivity contribution in [1.82, 2.24) is 9.55 Å². The van der Waals surface area contributed by atoms with Gasteiger partial charge in [-0.25, -0.2) is 4.98 Å². The van der Waals surface area contributed by atoms with E-state index in [0.29, 0.717) is 6.42 Å². The van der Waals surface area contributed by atoms with Gasteiger partial charge in [-0.2, -0.15) is 0 Å². The fraction of sp³-hybridized carbons (Fsp3) is 0.154. The Morgan fingerprint density at radius 2 is 1.94 bits per heavy atom. The first-order chi connectivity index (χ1) is 8.16. The van der Waals surface area contributed by atoms with Crippen LogP contribution in [0.25, 0.3) is 11.8 Å². The molecule has 0 aliphatic heterocycles. The van der Waals surface area contributed by atoms with Crippen LogP contribution >= 0.6 is 23.2 Å². The van der Waals surface area contributed by atoms with Crippen LogP contribution in [0.4, 0.5) is 0 Å². The van der Waals surface area contributed by atoms with Gasteiger partial charge in [0.2, 0.25) is 0 Å². The summed E-state index contributed by atoms with van der Waals surface area (Å²) in [5, 5.41) is 0. The summed E-state index contributed by atoms with van der Waals surface area (Å²) in [6.45, 7) is 0. The van der Waals surface area contributed by atoms with E-state index in [9.17, 15) is 0 Å². The summed E-state index contributed by atoms with van der Waals surface area (Å²) in [4.78, 5) is 4.37. The summed E-state index contributed by atoms with van der Waals surface area (Å²) in [7, 11) is 0. The molecule has 0 spiro atoms. The summed E-state index contributed by atoms with van der Waals surface area (Å²) in [5.41, 5.74) is 3.07. The van der Waals surface area contributed by atoms with E-state index in [4.69, 9.17) is 23.2 Å². The Hall–Kier alpha value is -1.25. The van der Waals surface area contributed by atoms with Gasteiger partial charge in [-0.15, -0.1) is 0 Å². The van der Waals surface area contributed by atoms with E-state index < -0.39 is 4.33 Å². The van der Waals surface area contributed by atoms with Crippen LogP contribution in [0.5, 0.6) is 0 Å². The van der Waals surface area contributed by atoms with Crippen LogP contribution in [-0.4, -0.2) is 13.9 Å². The Morgan fingerprint density at radius 1 is 1.18 bits per heavy atom. The Morgan fingerprint density at radius 3 is 2.71 bits per heavy atom. The van der Waals surface area contributed by atoms with Crippen molar-refractivity contribution in [2.24, 2.45) is 0 Å². The normalized spacial score (nSPS) is 16.8. The maximum Gasteiger partial charge on any atom is 0.142 e. The van der Waals surface area contributed by atoms with Crippen LogP contribution in [0, 0.1) is 0 Å². The Labute approximate surface area is 109 Å². The second kappa shape index (κ2) is 3.90. The summed E-state index contributed by atoms with van der Waals surface area (Å²) < 4.78 is 1.21. The average Bonchev–Trinajstić information content (AvgIpc) is 2.71. The lowest BCUT2D eigenvalue weighted by Crippen LogP contribution is -2.17. The largest absolute Gasteiger partial charge is 0.299 e. The SMILES string of the molecule is ClC1(Cl)C=Cc2c(ncn2-c2ccccc2)C1. The fourth-order valence-corrected chi connectivity index (χ4v) is 2.36. The third kappa shape index (κ3) is 1.99. The van der Waals surface area contributed by atoms with Crippen molar-refractivity contribution in [2.45, 2.75) is 10.8 Å². The molecule has 0 N–H and O–H groups in total. The minimum atomic E-state index is -0.830. The van der Waals surface area contributed by atoms with Crippen molar-refractivity contribution >= 4 is 29.3 Å². The van der Waals surface area contributed by atoms with Crippen LogP contribution in [0.1, 0.15) is 11.4 Å². The molecule has 0 radical (unpaired) electrons. The molecule has 0 unspecified atom stereocenters. The van der Waals surface area contributed by atoms with Crippen molar-refractivity contribution in [2.75, 3.05) is 0 Å². The van der Waals surface area contributed by atoms with E-state index in [0.717, 1.165) is 17.1 Å². The molecular weight excluding hydrogens is 255 g/mol. The second-order valence-corrected chi connectivity index (χ2v) is 5.60. The zero-order valence-electron chi connectivity index (χ0n) is 8.98. The molecule has 0 atom stereocenters. The molecule has 86 valence electrons. The van der Waals surface area contributed by atoms with Gasteiger partial charge in [0, 0.05) is 12.1 Å². The smallest absolute Gasteiger partial charge is 0.142 e. The molecule has 1 aromatic carbocycles. The Kier molecular flexibility index (Phi) is 2.49. The van der Waals surface area contributed by atoms with Gasteiger partial charge in [0.15, 0.2) is 0 Å². The summed E-state index contributed by atoms with van der Waals surface area (Å²) in [5.74, 6) is 0. The fourth-order valence-electron chi connectivity index (χ4n) is 1.98. The molecule has 4 heteroatoms. The molecule has 1 aromatic heterocycles. The molecule has 1 aliphatic rings. The number of nitrogens with zero attached hydrogens (tertiary/aromatic N) is 2. The topological polar surface area (TPSA) is 17.8 Å². The Balaban J connectivity index is 2.09. The molecule has 0 saturated heterocycles. The molecule has 0 fully saturated rings. The molecule has 0 bridgehead atoms.